The number of nitrogens with zero attached hydrogens (tertiary/aromatic N) is 1. The van der Waals surface area contributed by atoms with Crippen molar-refractivity contribution in [2.45, 2.75) is 0 Å². The molecule has 0 aliphatic rings. The maximum atomic E-state index is 13.3. The highest BCUT2D eigenvalue weighted by Crippen LogP contribution is 2.29. The molecule has 2 aromatic carbocycles. The maximum Gasteiger partial charge on any atom is 0.133 e. The van der Waals surface area contributed by atoms with Crippen LogP contribution in [0.15, 0.2) is 40.9 Å². The van der Waals surface area contributed by atoms with Gasteiger partial charge in [-0.15, -0.1) is 0 Å². The molecule has 0 saturated heterocycles. The Balaban J connectivity index is 2.29. The topological polar surface area (TPSA) is 45.0 Å². The lowest BCUT2D eigenvalue weighted by molar-refractivity contribution is 0.412. The fourth-order valence-electron chi connectivity index (χ4n) is 1.64. The van der Waals surface area contributed by atoms with Gasteiger partial charge >= 0.3 is 0 Å². The van der Waals surface area contributed by atoms with Gasteiger partial charge in [-0.25, -0.2) is 4.39 Å². The van der Waals surface area contributed by atoms with Crippen molar-refractivity contribution in [3.63, 3.8) is 0 Å². The first-order valence-corrected chi connectivity index (χ1v) is 6.23. The third-order valence-corrected chi connectivity index (χ3v) is 3.09. The molecule has 0 fully saturated rings. The number of halogens is 2. The van der Waals surface area contributed by atoms with Crippen molar-refractivity contribution in [2.24, 2.45) is 0 Å². The number of benzene rings is 2. The summed E-state index contributed by atoms with van der Waals surface area (Å²) >= 11 is 3.37. The Morgan fingerprint density at radius 3 is 2.63 bits per heavy atom. The highest BCUT2D eigenvalue weighted by Gasteiger charge is 2.04. The van der Waals surface area contributed by atoms with Gasteiger partial charge in [-0.1, -0.05) is 0 Å². The average Bonchev–Trinajstić information content (AvgIpc) is 2.38. The minimum absolute atomic E-state index is 0.273. The molecule has 1 N–H and O–H groups in total. The van der Waals surface area contributed by atoms with E-state index in [0.717, 1.165) is 10.2 Å². The van der Waals surface area contributed by atoms with E-state index >= 15 is 0 Å². The molecular weight excluding hydrogens is 311 g/mol. The van der Waals surface area contributed by atoms with Gasteiger partial charge in [0.25, 0.3) is 0 Å². The van der Waals surface area contributed by atoms with E-state index < -0.39 is 5.82 Å². The zero-order valence-corrected chi connectivity index (χ0v) is 11.7. The Kier molecular flexibility index (Phi) is 4.03. The van der Waals surface area contributed by atoms with Gasteiger partial charge in [0, 0.05) is 11.4 Å². The molecule has 5 heteroatoms. The number of rotatable bonds is 3. The zero-order chi connectivity index (χ0) is 13.8. The first kappa shape index (κ1) is 13.4. The fraction of sp³-hybridized carbons (Fsp3) is 0.0714. The van der Waals surface area contributed by atoms with Crippen molar-refractivity contribution < 1.29 is 9.13 Å². The van der Waals surface area contributed by atoms with Gasteiger partial charge in [0.05, 0.1) is 23.2 Å². The predicted octanol–water partition coefficient (Wildman–Crippen LogP) is 4.21. The molecule has 0 aromatic heterocycles. The summed E-state index contributed by atoms with van der Waals surface area (Å²) in [5.41, 5.74) is 1.56. The molecule has 2 rings (SSSR count). The second-order valence-electron chi connectivity index (χ2n) is 3.81. The summed E-state index contributed by atoms with van der Waals surface area (Å²) in [4.78, 5) is 0. The van der Waals surface area contributed by atoms with Crippen LogP contribution in [0.1, 0.15) is 5.56 Å². The highest BCUT2D eigenvalue weighted by atomic mass is 79.9. The molecule has 3 nitrogen and oxygen atoms in total. The maximum absolute atomic E-state index is 13.3. The number of methoxy groups -OCH3 is 1. The highest BCUT2D eigenvalue weighted by molar-refractivity contribution is 9.10. The van der Waals surface area contributed by atoms with Crippen molar-refractivity contribution in [1.82, 2.24) is 0 Å². The smallest absolute Gasteiger partial charge is 0.133 e. The van der Waals surface area contributed by atoms with Crippen LogP contribution in [-0.2, 0) is 0 Å². The lowest BCUT2D eigenvalue weighted by Gasteiger charge is -2.09. The minimum atomic E-state index is -0.450. The zero-order valence-electron chi connectivity index (χ0n) is 10.1. The molecule has 0 saturated carbocycles. The summed E-state index contributed by atoms with van der Waals surface area (Å²) < 4.78 is 19.2. The minimum Gasteiger partial charge on any atom is -0.496 e. The van der Waals surface area contributed by atoms with Crippen molar-refractivity contribution in [1.29, 1.82) is 5.26 Å². The number of hydrogen-bond donors (Lipinski definition) is 1. The summed E-state index contributed by atoms with van der Waals surface area (Å²) in [6.45, 7) is 0. The van der Waals surface area contributed by atoms with Crippen LogP contribution < -0.4 is 10.1 Å². The molecule has 0 bridgehead atoms. The van der Waals surface area contributed by atoms with Crippen molar-refractivity contribution in [3.8, 4) is 11.8 Å². The van der Waals surface area contributed by atoms with Crippen LogP contribution in [-0.4, -0.2) is 7.11 Å². The molecule has 0 heterocycles. The summed E-state index contributed by atoms with van der Waals surface area (Å²) in [6.07, 6.45) is 0. The van der Waals surface area contributed by atoms with Crippen molar-refractivity contribution in [2.75, 3.05) is 12.4 Å². The molecule has 0 aliphatic carbocycles. The number of nitrogens with one attached hydrogen (secondary N) is 1. The Morgan fingerprint density at radius 1 is 1.21 bits per heavy atom. The van der Waals surface area contributed by atoms with E-state index in [1.807, 2.05) is 12.1 Å². The normalized spacial score (nSPS) is 9.79. The van der Waals surface area contributed by atoms with E-state index in [0.29, 0.717) is 11.4 Å². The summed E-state index contributed by atoms with van der Waals surface area (Å²) in [6, 6.07) is 11.4. The van der Waals surface area contributed by atoms with E-state index in [2.05, 4.69) is 21.2 Å². The third-order valence-electron chi connectivity index (χ3n) is 2.47. The SMILES string of the molecule is COc1ccc(Nc2cc(F)cc(C#N)c2)cc1Br. The van der Waals surface area contributed by atoms with Crippen LogP contribution in [0.2, 0.25) is 0 Å². The van der Waals surface area contributed by atoms with Gasteiger partial charge in [-0.2, -0.15) is 5.26 Å². The number of nitriles is 1. The molecule has 96 valence electrons. The predicted molar refractivity (Wildman–Crippen MR) is 75.1 cm³/mol. The van der Waals surface area contributed by atoms with Crippen LogP contribution in [0.4, 0.5) is 15.8 Å². The van der Waals surface area contributed by atoms with Gasteiger partial charge < -0.3 is 10.1 Å². The Labute approximate surface area is 118 Å². The Bertz CT molecular complexity index is 652. The van der Waals surface area contributed by atoms with Crippen LogP contribution in [0.5, 0.6) is 5.75 Å². The van der Waals surface area contributed by atoms with Crippen LogP contribution >= 0.6 is 15.9 Å². The third kappa shape index (κ3) is 3.24. The Morgan fingerprint density at radius 2 is 2.00 bits per heavy atom. The van der Waals surface area contributed by atoms with Crippen LogP contribution in [0.25, 0.3) is 0 Å². The first-order chi connectivity index (χ1) is 9.12. The van der Waals surface area contributed by atoms with E-state index in [-0.39, 0.29) is 5.56 Å². The van der Waals surface area contributed by atoms with Gasteiger partial charge in [-0.05, 0) is 52.3 Å². The summed E-state index contributed by atoms with van der Waals surface area (Å²) in [5, 5.41) is 11.8. The van der Waals surface area contributed by atoms with Gasteiger partial charge in [0.2, 0.25) is 0 Å². The first-order valence-electron chi connectivity index (χ1n) is 5.43. The molecule has 0 aliphatic heterocycles. The molecule has 0 amide bonds. The van der Waals surface area contributed by atoms with Gasteiger partial charge in [0.1, 0.15) is 11.6 Å². The fourth-order valence-corrected chi connectivity index (χ4v) is 2.18. The van der Waals surface area contributed by atoms with Crippen LogP contribution in [0, 0.1) is 17.1 Å². The second-order valence-corrected chi connectivity index (χ2v) is 4.67. The van der Waals surface area contributed by atoms with Crippen molar-refractivity contribution in [3.05, 3.63) is 52.3 Å². The van der Waals surface area contributed by atoms with E-state index in [4.69, 9.17) is 10.00 Å². The monoisotopic (exact) mass is 320 g/mol. The van der Waals surface area contributed by atoms with E-state index in [1.165, 1.54) is 12.1 Å². The summed E-state index contributed by atoms with van der Waals surface area (Å²) in [7, 11) is 1.58. The molecule has 2 aromatic rings. The van der Waals surface area contributed by atoms with Gasteiger partial charge in [-0.3, -0.25) is 0 Å². The quantitative estimate of drug-likeness (QED) is 0.921. The summed E-state index contributed by atoms with van der Waals surface area (Å²) in [5.74, 6) is 0.261. The molecular formula is C14H10BrFN2O. The molecule has 19 heavy (non-hydrogen) atoms. The number of ether oxygens (including phenoxy) is 1. The number of anilines is 2. The lowest BCUT2D eigenvalue weighted by atomic mass is 10.2. The second kappa shape index (κ2) is 5.72. The number of hydrogen-bond acceptors (Lipinski definition) is 3. The molecule has 0 atom stereocenters. The molecule has 0 unspecified atom stereocenters. The van der Waals surface area contributed by atoms with Crippen molar-refractivity contribution >= 4 is 27.3 Å². The van der Waals surface area contributed by atoms with Gasteiger partial charge in [0.15, 0.2) is 0 Å². The Hall–Kier alpha value is -2.06. The van der Waals surface area contributed by atoms with E-state index in [9.17, 15) is 4.39 Å². The van der Waals surface area contributed by atoms with Crippen LogP contribution in [0.3, 0.4) is 0 Å². The average molecular weight is 321 g/mol. The molecule has 0 spiro atoms. The molecule has 0 radical (unpaired) electrons. The lowest BCUT2D eigenvalue weighted by Crippen LogP contribution is -1.93. The standard InChI is InChI=1S/C14H10BrFN2O/c1-19-14-3-2-11(7-13(14)15)18-12-5-9(8-17)4-10(16)6-12/h2-7,18H,1H3. The largest absolute Gasteiger partial charge is 0.496 e. The van der Waals surface area contributed by atoms with E-state index in [1.54, 1.807) is 25.3 Å².